The molecule has 1 aromatic rings. The molecule has 0 aliphatic carbocycles. The SMILES string of the molecule is CCNC(C)(C)C(=O)N1CCc2ncccc2C1. The number of aromatic nitrogens is 1. The minimum absolute atomic E-state index is 0.166. The van der Waals surface area contributed by atoms with E-state index >= 15 is 0 Å². The Morgan fingerprint density at radius 2 is 2.33 bits per heavy atom. The van der Waals surface area contributed by atoms with Crippen molar-refractivity contribution in [2.75, 3.05) is 13.1 Å². The molecule has 2 heterocycles. The highest BCUT2D eigenvalue weighted by Gasteiger charge is 2.32. The number of amides is 1. The van der Waals surface area contributed by atoms with E-state index in [2.05, 4.69) is 16.4 Å². The first-order chi connectivity index (χ1) is 8.54. The molecule has 18 heavy (non-hydrogen) atoms. The Morgan fingerprint density at radius 3 is 3.06 bits per heavy atom. The van der Waals surface area contributed by atoms with Crippen LogP contribution < -0.4 is 5.32 Å². The van der Waals surface area contributed by atoms with Crippen LogP contribution in [0.15, 0.2) is 18.3 Å². The highest BCUT2D eigenvalue weighted by atomic mass is 16.2. The summed E-state index contributed by atoms with van der Waals surface area (Å²) in [6.45, 7) is 8.14. The van der Waals surface area contributed by atoms with Crippen molar-refractivity contribution < 1.29 is 4.79 Å². The van der Waals surface area contributed by atoms with E-state index in [0.717, 1.165) is 25.2 Å². The third-order valence-corrected chi connectivity index (χ3v) is 3.40. The summed E-state index contributed by atoms with van der Waals surface area (Å²) in [5, 5.41) is 3.24. The van der Waals surface area contributed by atoms with Crippen molar-refractivity contribution in [1.82, 2.24) is 15.2 Å². The zero-order chi connectivity index (χ0) is 13.2. The number of nitrogens with zero attached hydrogens (tertiary/aromatic N) is 2. The van der Waals surface area contributed by atoms with E-state index in [4.69, 9.17) is 0 Å². The molecule has 0 fully saturated rings. The van der Waals surface area contributed by atoms with E-state index < -0.39 is 5.54 Å². The zero-order valence-electron chi connectivity index (χ0n) is 11.4. The first-order valence-corrected chi connectivity index (χ1v) is 6.52. The van der Waals surface area contributed by atoms with Gasteiger partial charge >= 0.3 is 0 Å². The molecule has 0 unspecified atom stereocenters. The maximum Gasteiger partial charge on any atom is 0.242 e. The summed E-state index contributed by atoms with van der Waals surface area (Å²) in [5.74, 6) is 0.166. The average Bonchev–Trinajstić information content (AvgIpc) is 2.37. The van der Waals surface area contributed by atoms with Gasteiger partial charge in [0.25, 0.3) is 0 Å². The molecule has 0 spiro atoms. The van der Waals surface area contributed by atoms with Gasteiger partial charge in [0.1, 0.15) is 0 Å². The minimum atomic E-state index is -0.492. The maximum atomic E-state index is 12.5. The molecule has 0 saturated carbocycles. The van der Waals surface area contributed by atoms with Crippen LogP contribution in [0.2, 0.25) is 0 Å². The summed E-state index contributed by atoms with van der Waals surface area (Å²) < 4.78 is 0. The van der Waals surface area contributed by atoms with Crippen molar-refractivity contribution in [3.05, 3.63) is 29.6 Å². The number of rotatable bonds is 3. The van der Waals surface area contributed by atoms with E-state index in [-0.39, 0.29) is 5.91 Å². The van der Waals surface area contributed by atoms with Gasteiger partial charge in [-0.1, -0.05) is 13.0 Å². The van der Waals surface area contributed by atoms with Crippen LogP contribution in [-0.4, -0.2) is 34.4 Å². The lowest BCUT2D eigenvalue weighted by Gasteiger charge is -2.35. The van der Waals surface area contributed by atoms with Crippen molar-refractivity contribution in [2.24, 2.45) is 0 Å². The number of likely N-dealkylation sites (N-methyl/N-ethyl adjacent to an activating group) is 1. The Morgan fingerprint density at radius 1 is 1.56 bits per heavy atom. The molecule has 1 amide bonds. The quantitative estimate of drug-likeness (QED) is 0.877. The van der Waals surface area contributed by atoms with Gasteiger partial charge in [-0.3, -0.25) is 9.78 Å². The Hall–Kier alpha value is -1.42. The topological polar surface area (TPSA) is 45.2 Å². The first-order valence-electron chi connectivity index (χ1n) is 6.52. The molecular formula is C14H21N3O. The van der Waals surface area contributed by atoms with Crippen LogP contribution in [0, 0.1) is 0 Å². The fourth-order valence-corrected chi connectivity index (χ4v) is 2.45. The molecule has 0 aromatic carbocycles. The molecular weight excluding hydrogens is 226 g/mol. The molecule has 98 valence electrons. The lowest BCUT2D eigenvalue weighted by Crippen LogP contribution is -2.54. The highest BCUT2D eigenvalue weighted by Crippen LogP contribution is 2.19. The Kier molecular flexibility index (Phi) is 3.66. The molecule has 1 aliphatic rings. The number of carbonyl (C=O) groups is 1. The molecule has 1 aromatic heterocycles. The molecule has 4 heteroatoms. The predicted molar refractivity (Wildman–Crippen MR) is 71.1 cm³/mol. The van der Waals surface area contributed by atoms with Crippen LogP contribution in [0.4, 0.5) is 0 Å². The smallest absolute Gasteiger partial charge is 0.242 e. The summed E-state index contributed by atoms with van der Waals surface area (Å²) in [4.78, 5) is 18.7. The molecule has 1 aliphatic heterocycles. The monoisotopic (exact) mass is 247 g/mol. The van der Waals surface area contributed by atoms with Gasteiger partial charge in [0, 0.05) is 31.4 Å². The molecule has 0 radical (unpaired) electrons. The molecule has 4 nitrogen and oxygen atoms in total. The van der Waals surface area contributed by atoms with Crippen LogP contribution in [0.1, 0.15) is 32.0 Å². The van der Waals surface area contributed by atoms with Gasteiger partial charge in [-0.05, 0) is 32.0 Å². The van der Waals surface area contributed by atoms with E-state index in [0.29, 0.717) is 6.54 Å². The number of nitrogens with one attached hydrogen (secondary N) is 1. The number of hydrogen-bond acceptors (Lipinski definition) is 3. The third-order valence-electron chi connectivity index (χ3n) is 3.40. The number of carbonyl (C=O) groups excluding carboxylic acids is 1. The number of fused-ring (bicyclic) bond motifs is 1. The summed E-state index contributed by atoms with van der Waals surface area (Å²) in [6, 6.07) is 3.99. The van der Waals surface area contributed by atoms with Crippen LogP contribution in [0.25, 0.3) is 0 Å². The number of hydrogen-bond donors (Lipinski definition) is 1. The van der Waals surface area contributed by atoms with Crippen molar-refractivity contribution >= 4 is 5.91 Å². The second-order valence-corrected chi connectivity index (χ2v) is 5.24. The standard InChI is InChI=1S/C14H21N3O/c1-4-16-14(2,3)13(18)17-9-7-12-11(10-17)6-5-8-15-12/h5-6,8,16H,4,7,9-10H2,1-3H3. The van der Waals surface area contributed by atoms with E-state index in [1.807, 2.05) is 37.9 Å². The first kappa shape index (κ1) is 13.0. The number of pyridine rings is 1. The van der Waals surface area contributed by atoms with Crippen LogP contribution >= 0.6 is 0 Å². The summed E-state index contributed by atoms with van der Waals surface area (Å²) in [6.07, 6.45) is 2.67. The van der Waals surface area contributed by atoms with Gasteiger partial charge in [0.05, 0.1) is 5.54 Å². The van der Waals surface area contributed by atoms with Gasteiger partial charge in [0.15, 0.2) is 0 Å². The fraction of sp³-hybridized carbons (Fsp3) is 0.571. The maximum absolute atomic E-state index is 12.5. The molecule has 0 bridgehead atoms. The van der Waals surface area contributed by atoms with E-state index in [9.17, 15) is 4.79 Å². The Balaban J connectivity index is 2.11. The van der Waals surface area contributed by atoms with Crippen molar-refractivity contribution in [2.45, 2.75) is 39.3 Å². The van der Waals surface area contributed by atoms with Crippen molar-refractivity contribution in [3.8, 4) is 0 Å². The van der Waals surface area contributed by atoms with Crippen molar-refractivity contribution in [3.63, 3.8) is 0 Å². The van der Waals surface area contributed by atoms with E-state index in [1.54, 1.807) is 0 Å². The van der Waals surface area contributed by atoms with Gasteiger partial charge in [0.2, 0.25) is 5.91 Å². The second kappa shape index (κ2) is 5.06. The van der Waals surface area contributed by atoms with Gasteiger partial charge in [-0.25, -0.2) is 0 Å². The third kappa shape index (κ3) is 2.53. The highest BCUT2D eigenvalue weighted by molar-refractivity contribution is 5.85. The lowest BCUT2D eigenvalue weighted by molar-refractivity contribution is -0.138. The van der Waals surface area contributed by atoms with Gasteiger partial charge in [-0.2, -0.15) is 0 Å². The zero-order valence-corrected chi connectivity index (χ0v) is 11.4. The molecule has 0 saturated heterocycles. The Labute approximate surface area is 108 Å². The van der Waals surface area contributed by atoms with Crippen LogP contribution in [-0.2, 0) is 17.8 Å². The summed E-state index contributed by atoms with van der Waals surface area (Å²) in [5.41, 5.74) is 1.81. The summed E-state index contributed by atoms with van der Waals surface area (Å²) >= 11 is 0. The fourth-order valence-electron chi connectivity index (χ4n) is 2.45. The van der Waals surface area contributed by atoms with Crippen LogP contribution in [0.5, 0.6) is 0 Å². The summed E-state index contributed by atoms with van der Waals surface area (Å²) in [7, 11) is 0. The van der Waals surface area contributed by atoms with Gasteiger partial charge in [-0.15, -0.1) is 0 Å². The lowest BCUT2D eigenvalue weighted by atomic mass is 9.99. The second-order valence-electron chi connectivity index (χ2n) is 5.24. The molecule has 0 atom stereocenters. The van der Waals surface area contributed by atoms with E-state index in [1.165, 1.54) is 5.56 Å². The van der Waals surface area contributed by atoms with Crippen LogP contribution in [0.3, 0.4) is 0 Å². The van der Waals surface area contributed by atoms with Gasteiger partial charge < -0.3 is 10.2 Å². The largest absolute Gasteiger partial charge is 0.336 e. The van der Waals surface area contributed by atoms with Crippen molar-refractivity contribution in [1.29, 1.82) is 0 Å². The normalized spacial score (nSPS) is 15.4. The molecule has 2 rings (SSSR count). The predicted octanol–water partition coefficient (Wildman–Crippen LogP) is 1.35. The average molecular weight is 247 g/mol. The minimum Gasteiger partial charge on any atom is -0.336 e. The molecule has 1 N–H and O–H groups in total. The Bertz CT molecular complexity index is 442.